The highest BCUT2D eigenvalue weighted by Crippen LogP contribution is 2.30. The lowest BCUT2D eigenvalue weighted by Crippen LogP contribution is -2.24. The largest absolute Gasteiger partial charge is 0.478 e. The number of carbonyl (C=O) groups is 1. The fourth-order valence-corrected chi connectivity index (χ4v) is 4.18. The first-order chi connectivity index (χ1) is 12.2. The second-order valence-electron chi connectivity index (χ2n) is 6.08. The molecule has 0 aliphatic rings. The topological polar surface area (TPSA) is 86.7 Å². The average Bonchev–Trinajstić information content (AvgIpc) is 2.56. The second-order valence-corrected chi connectivity index (χ2v) is 7.73. The highest BCUT2D eigenvalue weighted by molar-refractivity contribution is 7.92. The van der Waals surface area contributed by atoms with Gasteiger partial charge in [0.05, 0.1) is 21.8 Å². The molecule has 0 aliphatic carbocycles. The van der Waals surface area contributed by atoms with Crippen LogP contribution in [0.4, 0.5) is 11.4 Å². The van der Waals surface area contributed by atoms with Crippen LogP contribution in [0.25, 0.3) is 0 Å². The van der Waals surface area contributed by atoms with Gasteiger partial charge < -0.3 is 10.0 Å². The lowest BCUT2D eigenvalue weighted by molar-refractivity contribution is 0.0697. The molecule has 140 valence electrons. The molecule has 0 radical (unpaired) electrons. The Morgan fingerprint density at radius 3 is 2.27 bits per heavy atom. The molecule has 2 rings (SSSR count). The Morgan fingerprint density at radius 2 is 1.73 bits per heavy atom. The number of carboxylic acids is 1. The highest BCUT2D eigenvalue weighted by atomic mass is 32.2. The van der Waals surface area contributed by atoms with Crippen LogP contribution in [0.15, 0.2) is 41.3 Å². The van der Waals surface area contributed by atoms with Crippen molar-refractivity contribution in [1.29, 1.82) is 0 Å². The molecule has 0 saturated carbocycles. The summed E-state index contributed by atoms with van der Waals surface area (Å²) in [5.41, 5.74) is 2.54. The Labute approximate surface area is 154 Å². The maximum Gasteiger partial charge on any atom is 0.335 e. The smallest absolute Gasteiger partial charge is 0.335 e. The SMILES string of the molecule is CCN(CC)c1ccc(C(=O)O)cc1NS(=O)(=O)c1ccc(C)cc1C. The average molecular weight is 376 g/mol. The molecule has 2 N–H and O–H groups in total. The Kier molecular flexibility index (Phi) is 5.92. The standard InChI is InChI=1S/C19H24N2O4S/c1-5-21(6-2)17-9-8-15(19(22)23)12-16(17)20-26(24,25)18-10-7-13(3)11-14(18)4/h7-12,20H,5-6H2,1-4H3,(H,22,23). The van der Waals surface area contributed by atoms with E-state index >= 15 is 0 Å². The second kappa shape index (κ2) is 7.78. The monoisotopic (exact) mass is 376 g/mol. The van der Waals surface area contributed by atoms with Gasteiger partial charge in [-0.15, -0.1) is 0 Å². The Morgan fingerprint density at radius 1 is 1.08 bits per heavy atom. The van der Waals surface area contributed by atoms with Crippen molar-refractivity contribution < 1.29 is 18.3 Å². The van der Waals surface area contributed by atoms with E-state index in [-0.39, 0.29) is 16.1 Å². The maximum absolute atomic E-state index is 12.9. The van der Waals surface area contributed by atoms with Gasteiger partial charge in [-0.05, 0) is 57.5 Å². The first kappa shape index (κ1) is 19.8. The van der Waals surface area contributed by atoms with Gasteiger partial charge in [-0.1, -0.05) is 17.7 Å². The van der Waals surface area contributed by atoms with E-state index in [9.17, 15) is 18.3 Å². The van der Waals surface area contributed by atoms with Crippen molar-refractivity contribution in [2.24, 2.45) is 0 Å². The van der Waals surface area contributed by atoms with Crippen LogP contribution in [0.3, 0.4) is 0 Å². The molecular formula is C19H24N2O4S. The number of hydrogen-bond donors (Lipinski definition) is 2. The third kappa shape index (κ3) is 4.16. The summed E-state index contributed by atoms with van der Waals surface area (Å²) < 4.78 is 28.4. The number of anilines is 2. The zero-order chi connectivity index (χ0) is 19.5. The molecule has 6 nitrogen and oxygen atoms in total. The van der Waals surface area contributed by atoms with E-state index in [0.29, 0.717) is 24.3 Å². The number of benzene rings is 2. The normalized spacial score (nSPS) is 11.2. The lowest BCUT2D eigenvalue weighted by Gasteiger charge is -2.25. The highest BCUT2D eigenvalue weighted by Gasteiger charge is 2.21. The van der Waals surface area contributed by atoms with Crippen LogP contribution in [-0.4, -0.2) is 32.6 Å². The van der Waals surface area contributed by atoms with Crippen molar-refractivity contribution in [3.8, 4) is 0 Å². The number of nitrogens with zero attached hydrogens (tertiary/aromatic N) is 1. The summed E-state index contributed by atoms with van der Waals surface area (Å²) in [5.74, 6) is -1.11. The minimum absolute atomic E-state index is 0.0271. The number of sulfonamides is 1. The van der Waals surface area contributed by atoms with E-state index in [0.717, 1.165) is 5.56 Å². The molecule has 0 bridgehead atoms. The molecular weight excluding hydrogens is 352 g/mol. The van der Waals surface area contributed by atoms with Gasteiger partial charge >= 0.3 is 5.97 Å². The molecule has 0 atom stereocenters. The van der Waals surface area contributed by atoms with Crippen molar-refractivity contribution in [1.82, 2.24) is 0 Å². The molecule has 0 unspecified atom stereocenters. The Bertz CT molecular complexity index is 919. The molecule has 0 spiro atoms. The zero-order valence-corrected chi connectivity index (χ0v) is 16.2. The molecule has 0 aromatic heterocycles. The summed E-state index contributed by atoms with van der Waals surface area (Å²) in [6.45, 7) is 8.88. The lowest BCUT2D eigenvalue weighted by atomic mass is 10.1. The van der Waals surface area contributed by atoms with Gasteiger partial charge in [0.25, 0.3) is 10.0 Å². The van der Waals surface area contributed by atoms with Gasteiger partial charge in [-0.2, -0.15) is 0 Å². The number of hydrogen-bond acceptors (Lipinski definition) is 4. The van der Waals surface area contributed by atoms with E-state index in [4.69, 9.17) is 0 Å². The van der Waals surface area contributed by atoms with E-state index in [1.54, 1.807) is 31.2 Å². The van der Waals surface area contributed by atoms with Crippen LogP contribution in [0.5, 0.6) is 0 Å². The Hall–Kier alpha value is -2.54. The van der Waals surface area contributed by atoms with Gasteiger partial charge in [-0.3, -0.25) is 4.72 Å². The molecule has 26 heavy (non-hydrogen) atoms. The summed E-state index contributed by atoms with van der Waals surface area (Å²) in [5, 5.41) is 9.25. The zero-order valence-electron chi connectivity index (χ0n) is 15.4. The van der Waals surface area contributed by atoms with Crippen molar-refractivity contribution in [2.75, 3.05) is 22.7 Å². The van der Waals surface area contributed by atoms with Crippen LogP contribution in [0, 0.1) is 13.8 Å². The molecule has 2 aromatic carbocycles. The molecule has 7 heteroatoms. The number of rotatable bonds is 7. The van der Waals surface area contributed by atoms with Gasteiger partial charge in [0.1, 0.15) is 0 Å². The van der Waals surface area contributed by atoms with Crippen LogP contribution in [0.2, 0.25) is 0 Å². The summed E-state index contributed by atoms with van der Waals surface area (Å²) in [4.78, 5) is 13.4. The van der Waals surface area contributed by atoms with Crippen LogP contribution >= 0.6 is 0 Å². The summed E-state index contributed by atoms with van der Waals surface area (Å²) in [6, 6.07) is 9.57. The first-order valence-corrected chi connectivity index (χ1v) is 9.90. The Balaban J connectivity index is 2.55. The third-order valence-corrected chi connectivity index (χ3v) is 5.74. The predicted octanol–water partition coefficient (Wildman–Crippen LogP) is 3.65. The number of carboxylic acid groups (broad SMARTS) is 1. The summed E-state index contributed by atoms with van der Waals surface area (Å²) in [6.07, 6.45) is 0. The van der Waals surface area contributed by atoms with Crippen molar-refractivity contribution in [3.05, 3.63) is 53.1 Å². The molecule has 0 aliphatic heterocycles. The summed E-state index contributed by atoms with van der Waals surface area (Å²) >= 11 is 0. The van der Waals surface area contributed by atoms with E-state index < -0.39 is 16.0 Å². The molecule has 0 heterocycles. The minimum Gasteiger partial charge on any atom is -0.478 e. The number of nitrogens with one attached hydrogen (secondary N) is 1. The number of aromatic carboxylic acids is 1. The quantitative estimate of drug-likeness (QED) is 0.770. The van der Waals surface area contributed by atoms with Gasteiger partial charge in [0.2, 0.25) is 0 Å². The molecule has 0 amide bonds. The fourth-order valence-electron chi connectivity index (χ4n) is 2.89. The molecule has 0 fully saturated rings. The van der Waals surface area contributed by atoms with Crippen LogP contribution in [0.1, 0.15) is 35.3 Å². The summed E-state index contributed by atoms with van der Waals surface area (Å²) in [7, 11) is -3.85. The van der Waals surface area contributed by atoms with Gasteiger partial charge in [0, 0.05) is 13.1 Å². The fraction of sp³-hybridized carbons (Fsp3) is 0.316. The predicted molar refractivity (Wildman–Crippen MR) is 104 cm³/mol. The van der Waals surface area contributed by atoms with E-state index in [1.807, 2.05) is 25.7 Å². The van der Waals surface area contributed by atoms with Crippen LogP contribution in [-0.2, 0) is 10.0 Å². The first-order valence-electron chi connectivity index (χ1n) is 8.42. The molecule has 2 aromatic rings. The van der Waals surface area contributed by atoms with Crippen molar-refractivity contribution in [3.63, 3.8) is 0 Å². The minimum atomic E-state index is -3.85. The maximum atomic E-state index is 12.9. The van der Waals surface area contributed by atoms with Crippen LogP contribution < -0.4 is 9.62 Å². The number of aryl methyl sites for hydroxylation is 2. The van der Waals surface area contributed by atoms with Crippen molar-refractivity contribution >= 4 is 27.4 Å². The third-order valence-electron chi connectivity index (χ3n) is 4.21. The van der Waals surface area contributed by atoms with Crippen molar-refractivity contribution in [2.45, 2.75) is 32.6 Å². The van der Waals surface area contributed by atoms with E-state index in [1.165, 1.54) is 12.1 Å². The van der Waals surface area contributed by atoms with Gasteiger partial charge in [-0.25, -0.2) is 13.2 Å². The van der Waals surface area contributed by atoms with Gasteiger partial charge in [0.15, 0.2) is 0 Å². The van der Waals surface area contributed by atoms with E-state index in [2.05, 4.69) is 4.72 Å². The molecule has 0 saturated heterocycles.